The van der Waals surface area contributed by atoms with E-state index < -0.39 is 0 Å². The molecule has 11 atom stereocenters. The molecule has 22 heavy (non-hydrogen) atoms. The predicted molar refractivity (Wildman–Crippen MR) is 82.7 cm³/mol. The van der Waals surface area contributed by atoms with Crippen molar-refractivity contribution in [1.82, 2.24) is 5.32 Å². The van der Waals surface area contributed by atoms with Crippen LogP contribution in [-0.4, -0.2) is 16.7 Å². The second-order valence-electron chi connectivity index (χ2n) is 9.18. The van der Waals surface area contributed by atoms with Crippen LogP contribution in [0.25, 0.3) is 0 Å². The average molecular weight is 293 g/mol. The van der Waals surface area contributed by atoms with Crippen LogP contribution in [0.2, 0.25) is 0 Å². The van der Waals surface area contributed by atoms with Gasteiger partial charge in [0.1, 0.15) is 0 Å². The van der Waals surface area contributed by atoms with E-state index in [0.717, 1.165) is 54.4 Å². The van der Waals surface area contributed by atoms with Crippen LogP contribution < -0.4 is 5.32 Å². The van der Waals surface area contributed by atoms with Crippen LogP contribution in [0.5, 0.6) is 0 Å². The highest BCUT2D eigenvalue weighted by Gasteiger charge is 2.87. The molecule has 0 aliphatic heterocycles. The lowest BCUT2D eigenvalue weighted by molar-refractivity contribution is -0.145. The van der Waals surface area contributed by atoms with Gasteiger partial charge in [-0.25, -0.2) is 0 Å². The lowest BCUT2D eigenvalue weighted by atomic mass is 9.44. The van der Waals surface area contributed by atoms with Gasteiger partial charge >= 0.3 is 0 Å². The summed E-state index contributed by atoms with van der Waals surface area (Å²) in [5.74, 6) is 7.72. The molecule has 5 fully saturated rings. The van der Waals surface area contributed by atoms with E-state index in [1.54, 1.807) is 0 Å². The highest BCUT2D eigenvalue weighted by Crippen LogP contribution is 2.87. The maximum atomic E-state index is 11.5. The van der Waals surface area contributed by atoms with E-state index in [1.165, 1.54) is 12.0 Å². The molecule has 2 bridgehead atoms. The molecule has 5 aliphatic carbocycles. The van der Waals surface area contributed by atoms with Gasteiger partial charge in [0.15, 0.2) is 0 Å². The molecule has 10 unspecified atom stereocenters. The number of aliphatic hydroxyl groups is 1. The van der Waals surface area contributed by atoms with Crippen molar-refractivity contribution in [3.05, 3.63) is 35.9 Å². The fraction of sp³-hybridized carbons (Fsp3) is 0.700. The van der Waals surface area contributed by atoms with Gasteiger partial charge in [-0.15, -0.1) is 0 Å². The molecule has 5 aliphatic rings. The van der Waals surface area contributed by atoms with Crippen LogP contribution in [0.3, 0.4) is 0 Å². The van der Waals surface area contributed by atoms with Gasteiger partial charge in [-0.2, -0.15) is 0 Å². The van der Waals surface area contributed by atoms with Gasteiger partial charge in [0.05, 0.1) is 5.60 Å². The number of hydrogen-bond acceptors (Lipinski definition) is 2. The standard InChI is InChI=1S/C20H23NO/c22-20-7-12-13-11-6-10-14(13)15(12)18(20)19(16(10)17(11)20)21-8-9-4-2-1-3-5-9/h1-5,10-19,21-22H,6-8H2/t10?,11?,12?,13?,14?,15?,16?,17?,18?,19?,20-/m1/s1. The zero-order valence-corrected chi connectivity index (χ0v) is 12.7. The summed E-state index contributed by atoms with van der Waals surface area (Å²) in [6.45, 7) is 0.976. The number of nitrogens with one attached hydrogen (secondary N) is 1. The van der Waals surface area contributed by atoms with Gasteiger partial charge in [0.2, 0.25) is 0 Å². The largest absolute Gasteiger partial charge is 0.389 e. The first-order valence-electron chi connectivity index (χ1n) is 9.29. The Hall–Kier alpha value is -0.860. The van der Waals surface area contributed by atoms with E-state index >= 15 is 0 Å². The first-order chi connectivity index (χ1) is 10.8. The van der Waals surface area contributed by atoms with Gasteiger partial charge in [-0.3, -0.25) is 0 Å². The monoisotopic (exact) mass is 293 g/mol. The maximum Gasteiger partial charge on any atom is 0.0730 e. The number of rotatable bonds is 3. The summed E-state index contributed by atoms with van der Waals surface area (Å²) in [6, 6.07) is 11.4. The highest BCUT2D eigenvalue weighted by atomic mass is 16.3. The van der Waals surface area contributed by atoms with Crippen LogP contribution in [-0.2, 0) is 6.54 Å². The van der Waals surface area contributed by atoms with E-state index in [1.807, 2.05) is 0 Å². The van der Waals surface area contributed by atoms with Crippen LogP contribution in [0.15, 0.2) is 30.3 Å². The van der Waals surface area contributed by atoms with Crippen molar-refractivity contribution >= 4 is 0 Å². The van der Waals surface area contributed by atoms with Crippen molar-refractivity contribution in [3.63, 3.8) is 0 Å². The molecule has 0 aromatic heterocycles. The third-order valence-corrected chi connectivity index (χ3v) is 9.10. The normalized spacial score (nSPS) is 63.9. The summed E-state index contributed by atoms with van der Waals surface area (Å²) in [6.07, 6.45) is 2.60. The first kappa shape index (κ1) is 11.6. The fourth-order valence-electron chi connectivity index (χ4n) is 9.15. The molecule has 114 valence electrons. The lowest BCUT2D eigenvalue weighted by Gasteiger charge is -2.61. The van der Waals surface area contributed by atoms with Gasteiger partial charge in [-0.05, 0) is 65.7 Å². The van der Waals surface area contributed by atoms with Crippen LogP contribution in [0.1, 0.15) is 18.4 Å². The molecule has 5 saturated carbocycles. The topological polar surface area (TPSA) is 32.3 Å². The molecular formula is C20H23NO. The summed E-state index contributed by atoms with van der Waals surface area (Å²) in [5, 5.41) is 15.5. The minimum absolute atomic E-state index is 0.282. The van der Waals surface area contributed by atoms with Crippen molar-refractivity contribution in [2.75, 3.05) is 0 Å². The third-order valence-electron chi connectivity index (χ3n) is 9.10. The molecule has 0 saturated heterocycles. The molecular weight excluding hydrogens is 270 g/mol. The maximum absolute atomic E-state index is 11.5. The molecule has 0 spiro atoms. The van der Waals surface area contributed by atoms with Crippen LogP contribution in [0.4, 0.5) is 0 Å². The zero-order valence-electron chi connectivity index (χ0n) is 12.7. The summed E-state index contributed by atoms with van der Waals surface area (Å²) >= 11 is 0. The summed E-state index contributed by atoms with van der Waals surface area (Å²) in [7, 11) is 0. The Bertz CT molecular complexity index is 674. The summed E-state index contributed by atoms with van der Waals surface area (Å²) in [4.78, 5) is 0. The average Bonchev–Trinajstić information content (AvgIpc) is 3.16. The second kappa shape index (κ2) is 3.32. The van der Waals surface area contributed by atoms with E-state index in [9.17, 15) is 5.11 Å². The van der Waals surface area contributed by atoms with E-state index in [4.69, 9.17) is 0 Å². The van der Waals surface area contributed by atoms with Gasteiger partial charge in [0.25, 0.3) is 0 Å². The molecule has 1 aromatic carbocycles. The van der Waals surface area contributed by atoms with Crippen molar-refractivity contribution in [3.8, 4) is 0 Å². The molecule has 0 heterocycles. The quantitative estimate of drug-likeness (QED) is 0.838. The Labute approximate surface area is 131 Å². The SMILES string of the molecule is O[C@@]12CC3C4C5CC6C4C3C1C(NCc1ccccc1)C6C52. The van der Waals surface area contributed by atoms with Crippen LogP contribution >= 0.6 is 0 Å². The van der Waals surface area contributed by atoms with Gasteiger partial charge in [0, 0.05) is 18.5 Å². The number of hydrogen-bond donors (Lipinski definition) is 2. The van der Waals surface area contributed by atoms with Crippen molar-refractivity contribution in [2.24, 2.45) is 53.3 Å². The van der Waals surface area contributed by atoms with E-state index in [0.29, 0.717) is 17.9 Å². The zero-order chi connectivity index (χ0) is 14.2. The molecule has 2 nitrogen and oxygen atoms in total. The first-order valence-corrected chi connectivity index (χ1v) is 9.29. The lowest BCUT2D eigenvalue weighted by Crippen LogP contribution is -2.61. The Balaban J connectivity index is 1.27. The Morgan fingerprint density at radius 2 is 1.82 bits per heavy atom. The van der Waals surface area contributed by atoms with Gasteiger partial charge in [-0.1, -0.05) is 30.3 Å². The molecule has 1 aromatic rings. The Kier molecular flexibility index (Phi) is 1.76. The highest BCUT2D eigenvalue weighted by molar-refractivity contribution is 5.37. The van der Waals surface area contributed by atoms with Crippen molar-refractivity contribution < 1.29 is 5.11 Å². The van der Waals surface area contributed by atoms with Crippen molar-refractivity contribution in [2.45, 2.75) is 31.0 Å². The molecule has 0 radical (unpaired) electrons. The molecule has 6 rings (SSSR count). The number of benzene rings is 1. The van der Waals surface area contributed by atoms with Gasteiger partial charge < -0.3 is 10.4 Å². The third kappa shape index (κ3) is 0.957. The fourth-order valence-corrected chi connectivity index (χ4v) is 9.15. The summed E-state index contributed by atoms with van der Waals surface area (Å²) in [5.41, 5.74) is 1.10. The predicted octanol–water partition coefficient (Wildman–Crippen LogP) is 2.28. The molecule has 0 amide bonds. The smallest absolute Gasteiger partial charge is 0.0730 e. The second-order valence-corrected chi connectivity index (χ2v) is 9.18. The molecule has 2 heteroatoms. The number of fused-ring (bicyclic) bond motifs is 14. The van der Waals surface area contributed by atoms with Crippen molar-refractivity contribution in [1.29, 1.82) is 0 Å². The minimum Gasteiger partial charge on any atom is -0.389 e. The Morgan fingerprint density at radius 3 is 2.68 bits per heavy atom. The summed E-state index contributed by atoms with van der Waals surface area (Å²) < 4.78 is 0. The van der Waals surface area contributed by atoms with E-state index in [-0.39, 0.29) is 5.60 Å². The minimum atomic E-state index is -0.282. The van der Waals surface area contributed by atoms with Crippen LogP contribution in [0, 0.1) is 53.3 Å². The van der Waals surface area contributed by atoms with E-state index in [2.05, 4.69) is 35.6 Å². The molecule has 2 N–H and O–H groups in total. The Morgan fingerprint density at radius 1 is 0.955 bits per heavy atom.